The van der Waals surface area contributed by atoms with Gasteiger partial charge in [0.2, 0.25) is 10.0 Å². The van der Waals surface area contributed by atoms with Crippen LogP contribution < -0.4 is 4.72 Å². The minimum Gasteiger partial charge on any atom is -0.480 e. The van der Waals surface area contributed by atoms with E-state index < -0.39 is 26.8 Å². The maximum absolute atomic E-state index is 12.2. The van der Waals surface area contributed by atoms with E-state index in [9.17, 15) is 13.2 Å². The summed E-state index contributed by atoms with van der Waals surface area (Å²) in [6.45, 7) is 3.66. The summed E-state index contributed by atoms with van der Waals surface area (Å²) in [7, 11) is -2.22. The number of sulfonamides is 1. The maximum Gasteiger partial charge on any atom is 0.322 e. The van der Waals surface area contributed by atoms with Gasteiger partial charge in [0, 0.05) is 7.11 Å². The van der Waals surface area contributed by atoms with Gasteiger partial charge in [-0.1, -0.05) is 20.3 Å². The van der Waals surface area contributed by atoms with Crippen LogP contribution in [0.4, 0.5) is 0 Å². The zero-order valence-corrected chi connectivity index (χ0v) is 11.8. The topological polar surface area (TPSA) is 92.7 Å². The van der Waals surface area contributed by atoms with Gasteiger partial charge >= 0.3 is 5.97 Å². The summed E-state index contributed by atoms with van der Waals surface area (Å²) in [6, 6.07) is -1.07. The van der Waals surface area contributed by atoms with Crippen molar-refractivity contribution >= 4 is 16.0 Å². The Labute approximate surface area is 108 Å². The molecule has 1 aliphatic carbocycles. The Kier molecular flexibility index (Phi) is 4.74. The van der Waals surface area contributed by atoms with Crippen molar-refractivity contribution in [1.29, 1.82) is 0 Å². The highest BCUT2D eigenvalue weighted by atomic mass is 32.2. The van der Waals surface area contributed by atoms with Crippen molar-refractivity contribution in [2.45, 2.75) is 43.9 Å². The molecule has 0 aromatic heterocycles. The van der Waals surface area contributed by atoms with E-state index in [-0.39, 0.29) is 12.5 Å². The molecule has 106 valence electrons. The largest absolute Gasteiger partial charge is 0.480 e. The fourth-order valence-electron chi connectivity index (χ4n) is 1.83. The van der Waals surface area contributed by atoms with Crippen molar-refractivity contribution in [1.82, 2.24) is 4.72 Å². The quantitative estimate of drug-likeness (QED) is 0.678. The number of hydrogen-bond acceptors (Lipinski definition) is 4. The number of methoxy groups -OCH3 is 1. The minimum absolute atomic E-state index is 0.106. The van der Waals surface area contributed by atoms with Gasteiger partial charge < -0.3 is 9.84 Å². The number of carbonyl (C=O) groups is 1. The summed E-state index contributed by atoms with van der Waals surface area (Å²) in [5.74, 6) is -1.39. The van der Waals surface area contributed by atoms with Gasteiger partial charge in [0.1, 0.15) is 10.8 Å². The molecule has 0 bridgehead atoms. The van der Waals surface area contributed by atoms with Crippen LogP contribution in [0, 0.1) is 5.92 Å². The fourth-order valence-corrected chi connectivity index (χ4v) is 3.66. The Morgan fingerprint density at radius 1 is 1.50 bits per heavy atom. The molecule has 7 heteroatoms. The van der Waals surface area contributed by atoms with Gasteiger partial charge in [0.25, 0.3) is 0 Å². The number of rotatable bonds is 8. The van der Waals surface area contributed by atoms with Crippen LogP contribution in [0.1, 0.15) is 33.1 Å². The molecule has 1 saturated carbocycles. The Balaban J connectivity index is 2.84. The predicted molar refractivity (Wildman–Crippen MR) is 66.8 cm³/mol. The van der Waals surface area contributed by atoms with Crippen LogP contribution in [0.2, 0.25) is 0 Å². The molecule has 0 spiro atoms. The first-order chi connectivity index (χ1) is 8.29. The summed E-state index contributed by atoms with van der Waals surface area (Å²) in [4.78, 5) is 11.1. The summed E-state index contributed by atoms with van der Waals surface area (Å²) in [5.41, 5.74) is 0. The van der Waals surface area contributed by atoms with Crippen LogP contribution in [0.3, 0.4) is 0 Å². The number of carboxylic acid groups (broad SMARTS) is 1. The third-order valence-electron chi connectivity index (χ3n) is 3.55. The lowest BCUT2D eigenvalue weighted by atomic mass is 10.0. The van der Waals surface area contributed by atoms with E-state index in [1.165, 1.54) is 7.11 Å². The van der Waals surface area contributed by atoms with Gasteiger partial charge in [-0.2, -0.15) is 0 Å². The molecule has 0 radical (unpaired) electrons. The van der Waals surface area contributed by atoms with Gasteiger partial charge in [-0.05, 0) is 18.8 Å². The summed E-state index contributed by atoms with van der Waals surface area (Å²) in [6.07, 6.45) is 1.63. The first kappa shape index (κ1) is 15.4. The van der Waals surface area contributed by atoms with E-state index in [0.29, 0.717) is 19.3 Å². The highest BCUT2D eigenvalue weighted by molar-refractivity contribution is 7.91. The maximum atomic E-state index is 12.2. The lowest BCUT2D eigenvalue weighted by Gasteiger charge is -2.23. The van der Waals surface area contributed by atoms with Crippen LogP contribution in [-0.2, 0) is 19.6 Å². The molecule has 0 heterocycles. The van der Waals surface area contributed by atoms with Crippen LogP contribution in [0.5, 0.6) is 0 Å². The van der Waals surface area contributed by atoms with Crippen molar-refractivity contribution in [3.8, 4) is 0 Å². The first-order valence-corrected chi connectivity index (χ1v) is 7.51. The molecule has 18 heavy (non-hydrogen) atoms. The molecule has 1 rings (SSSR count). The van der Waals surface area contributed by atoms with E-state index in [1.807, 2.05) is 6.92 Å². The molecule has 1 aliphatic rings. The normalized spacial score (nSPS) is 21.3. The minimum atomic E-state index is -3.67. The molecule has 1 fully saturated rings. The Hall–Kier alpha value is -0.660. The summed E-state index contributed by atoms with van der Waals surface area (Å²) < 4.78 is 30.7. The van der Waals surface area contributed by atoms with Crippen molar-refractivity contribution in [2.24, 2.45) is 5.92 Å². The van der Waals surface area contributed by atoms with Gasteiger partial charge in [-0.3, -0.25) is 4.79 Å². The zero-order valence-electron chi connectivity index (χ0n) is 11.0. The van der Waals surface area contributed by atoms with Crippen molar-refractivity contribution in [3.63, 3.8) is 0 Å². The Morgan fingerprint density at radius 3 is 2.39 bits per heavy atom. The fraction of sp³-hybridized carbons (Fsp3) is 0.909. The summed E-state index contributed by atoms with van der Waals surface area (Å²) in [5, 5.41) is 9.10. The lowest BCUT2D eigenvalue weighted by Crippen LogP contribution is -2.50. The van der Waals surface area contributed by atoms with E-state index >= 15 is 0 Å². The number of carboxylic acids is 1. The zero-order chi connectivity index (χ0) is 14.0. The van der Waals surface area contributed by atoms with Gasteiger partial charge in [-0.25, -0.2) is 13.1 Å². The first-order valence-electron chi connectivity index (χ1n) is 6.03. The highest BCUT2D eigenvalue weighted by Crippen LogP contribution is 2.43. The molecule has 0 aromatic carbocycles. The third-order valence-corrected chi connectivity index (χ3v) is 5.78. The summed E-state index contributed by atoms with van der Waals surface area (Å²) >= 11 is 0. The Bertz CT molecular complexity index is 402. The molecule has 0 unspecified atom stereocenters. The van der Waals surface area contributed by atoms with E-state index in [0.717, 1.165) is 0 Å². The van der Waals surface area contributed by atoms with Crippen LogP contribution in [-0.4, -0.2) is 44.0 Å². The average Bonchev–Trinajstić information content (AvgIpc) is 3.06. The lowest BCUT2D eigenvalue weighted by molar-refractivity contribution is -0.140. The van der Waals surface area contributed by atoms with Gasteiger partial charge in [0.05, 0.1) is 6.61 Å². The number of ether oxygens (including phenoxy) is 1. The van der Waals surface area contributed by atoms with Crippen LogP contribution >= 0.6 is 0 Å². The van der Waals surface area contributed by atoms with Gasteiger partial charge in [0.15, 0.2) is 0 Å². The smallest absolute Gasteiger partial charge is 0.322 e. The molecule has 0 amide bonds. The average molecular weight is 279 g/mol. The molecular weight excluding hydrogens is 258 g/mol. The molecular formula is C11H21NO5S. The second kappa shape index (κ2) is 5.54. The molecule has 2 atom stereocenters. The molecule has 6 nitrogen and oxygen atoms in total. The second-order valence-electron chi connectivity index (χ2n) is 4.94. The van der Waals surface area contributed by atoms with E-state index in [2.05, 4.69) is 4.72 Å². The number of hydrogen-bond donors (Lipinski definition) is 2. The highest BCUT2D eigenvalue weighted by Gasteiger charge is 2.55. The molecule has 0 aliphatic heterocycles. The van der Waals surface area contributed by atoms with Crippen molar-refractivity contribution < 1.29 is 23.1 Å². The number of aliphatic carboxylic acids is 1. The molecule has 0 aromatic rings. The molecule has 2 N–H and O–H groups in total. The van der Waals surface area contributed by atoms with Gasteiger partial charge in [-0.15, -0.1) is 0 Å². The number of nitrogens with one attached hydrogen (secondary N) is 1. The predicted octanol–water partition coefficient (Wildman–Crippen LogP) is 0.584. The molecule has 0 saturated heterocycles. The van der Waals surface area contributed by atoms with Crippen molar-refractivity contribution in [3.05, 3.63) is 0 Å². The van der Waals surface area contributed by atoms with E-state index in [1.54, 1.807) is 6.92 Å². The van der Waals surface area contributed by atoms with E-state index in [4.69, 9.17) is 9.84 Å². The third kappa shape index (κ3) is 3.02. The Morgan fingerprint density at radius 2 is 2.06 bits per heavy atom. The monoisotopic (exact) mass is 279 g/mol. The van der Waals surface area contributed by atoms with Crippen LogP contribution in [0.15, 0.2) is 0 Å². The SMILES string of the molecule is CC[C@H](C)[C@H](NS(=O)(=O)C1(COC)CC1)C(=O)O. The van der Waals surface area contributed by atoms with Crippen molar-refractivity contribution in [2.75, 3.05) is 13.7 Å². The second-order valence-corrected chi connectivity index (χ2v) is 7.05. The van der Waals surface area contributed by atoms with Crippen LogP contribution in [0.25, 0.3) is 0 Å². The standard InChI is InChI=1S/C11H21NO5S/c1-4-8(2)9(10(13)14)12-18(15,16)11(5-6-11)7-17-3/h8-9,12H,4-7H2,1-3H3,(H,13,14)/t8-,9-/m0/s1.